The molecule has 0 spiro atoms. The van der Waals surface area contributed by atoms with E-state index in [4.69, 9.17) is 14.2 Å². The van der Waals surface area contributed by atoms with Gasteiger partial charge in [-0.25, -0.2) is 4.98 Å². The highest BCUT2D eigenvalue weighted by molar-refractivity contribution is 7.17. The normalized spacial score (nSPS) is 15.1. The molecule has 0 aliphatic heterocycles. The van der Waals surface area contributed by atoms with Gasteiger partial charge in [-0.1, -0.05) is 25.2 Å². The molecule has 1 heterocycles. The van der Waals surface area contributed by atoms with Crippen molar-refractivity contribution in [2.45, 2.75) is 26.7 Å². The van der Waals surface area contributed by atoms with Gasteiger partial charge in [-0.05, 0) is 35.6 Å². The third-order valence-electron chi connectivity index (χ3n) is 4.58. The number of methoxy groups -OCH3 is 3. The van der Waals surface area contributed by atoms with Crippen LogP contribution in [0, 0.1) is 5.41 Å². The topological polar surface area (TPSA) is 86.8 Å². The molecule has 29 heavy (non-hydrogen) atoms. The summed E-state index contributed by atoms with van der Waals surface area (Å²) in [5.74, 6) is 1.23. The third kappa shape index (κ3) is 4.59. The highest BCUT2D eigenvalue weighted by Crippen LogP contribution is 2.39. The number of benzene rings is 1. The zero-order valence-corrected chi connectivity index (χ0v) is 17.9. The van der Waals surface area contributed by atoms with E-state index in [-0.39, 0.29) is 17.1 Å². The molecule has 0 radical (unpaired) electrons. The fourth-order valence-electron chi connectivity index (χ4n) is 3.29. The molecule has 0 unspecified atom stereocenters. The lowest BCUT2D eigenvalue weighted by molar-refractivity contribution is -0.111. The van der Waals surface area contributed by atoms with Gasteiger partial charge in [0, 0.05) is 12.5 Å². The van der Waals surface area contributed by atoms with Crippen LogP contribution >= 0.6 is 11.3 Å². The van der Waals surface area contributed by atoms with Gasteiger partial charge in [0.15, 0.2) is 22.4 Å². The van der Waals surface area contributed by atoms with Gasteiger partial charge in [0.05, 0.1) is 31.9 Å². The van der Waals surface area contributed by atoms with Crippen molar-refractivity contribution in [2.75, 3.05) is 26.6 Å². The molecule has 2 aromatic rings. The maximum Gasteiger partial charge on any atom is 0.250 e. The van der Waals surface area contributed by atoms with Crippen LogP contribution < -0.4 is 19.5 Å². The molecule has 1 N–H and O–H groups in total. The SMILES string of the molecule is COc1cc(C=CC(=O)Nc2nc3c(s2)C(=O)CC(C)(C)C3)cc(OC)c1OC. The number of rotatable bonds is 6. The Morgan fingerprint density at radius 3 is 2.38 bits per heavy atom. The van der Waals surface area contributed by atoms with E-state index < -0.39 is 0 Å². The summed E-state index contributed by atoms with van der Waals surface area (Å²) in [6.07, 6.45) is 4.26. The van der Waals surface area contributed by atoms with Crippen LogP contribution in [0.5, 0.6) is 17.2 Å². The summed E-state index contributed by atoms with van der Waals surface area (Å²) in [6.45, 7) is 4.09. The summed E-state index contributed by atoms with van der Waals surface area (Å²) in [5, 5.41) is 3.17. The first-order chi connectivity index (χ1) is 13.8. The van der Waals surface area contributed by atoms with Crippen LogP contribution in [-0.4, -0.2) is 38.0 Å². The Balaban J connectivity index is 1.75. The monoisotopic (exact) mass is 416 g/mol. The quantitative estimate of drug-likeness (QED) is 0.717. The molecule has 0 fully saturated rings. The number of anilines is 1. The predicted octanol–water partition coefficient (Wildman–Crippen LogP) is 3.98. The number of amides is 1. The second kappa shape index (κ2) is 8.24. The third-order valence-corrected chi connectivity index (χ3v) is 5.63. The highest BCUT2D eigenvalue weighted by atomic mass is 32.1. The van der Waals surface area contributed by atoms with Crippen LogP contribution in [-0.2, 0) is 11.2 Å². The van der Waals surface area contributed by atoms with Crippen molar-refractivity contribution in [2.24, 2.45) is 5.41 Å². The number of hydrogen-bond donors (Lipinski definition) is 1. The van der Waals surface area contributed by atoms with Gasteiger partial charge >= 0.3 is 0 Å². The molecule has 0 saturated heterocycles. The van der Waals surface area contributed by atoms with Crippen LogP contribution in [0.3, 0.4) is 0 Å². The molecule has 0 atom stereocenters. The van der Waals surface area contributed by atoms with Crippen LogP contribution in [0.4, 0.5) is 5.13 Å². The van der Waals surface area contributed by atoms with E-state index in [0.29, 0.717) is 39.2 Å². The molecule has 0 bridgehead atoms. The van der Waals surface area contributed by atoms with E-state index in [2.05, 4.69) is 10.3 Å². The minimum atomic E-state index is -0.337. The molecule has 1 aliphatic rings. The summed E-state index contributed by atoms with van der Waals surface area (Å²) in [7, 11) is 4.59. The van der Waals surface area contributed by atoms with E-state index in [1.807, 2.05) is 13.8 Å². The average Bonchev–Trinajstić information content (AvgIpc) is 3.06. The Kier molecular flexibility index (Phi) is 5.93. The van der Waals surface area contributed by atoms with E-state index in [1.165, 1.54) is 38.7 Å². The van der Waals surface area contributed by atoms with Crippen molar-refractivity contribution in [3.05, 3.63) is 34.3 Å². The van der Waals surface area contributed by atoms with Crippen molar-refractivity contribution in [1.29, 1.82) is 0 Å². The number of ketones is 1. The summed E-state index contributed by atoms with van der Waals surface area (Å²) < 4.78 is 15.9. The summed E-state index contributed by atoms with van der Waals surface area (Å²) in [6, 6.07) is 3.49. The van der Waals surface area contributed by atoms with Crippen LogP contribution in [0.2, 0.25) is 0 Å². The molecular weight excluding hydrogens is 392 g/mol. The molecule has 7 nitrogen and oxygen atoms in total. The van der Waals surface area contributed by atoms with E-state index in [0.717, 1.165) is 12.1 Å². The van der Waals surface area contributed by atoms with Gasteiger partial charge in [-0.3, -0.25) is 14.9 Å². The Morgan fingerprint density at radius 1 is 1.14 bits per heavy atom. The first kappa shape index (κ1) is 20.9. The number of carbonyl (C=O) groups excluding carboxylic acids is 2. The fourth-order valence-corrected chi connectivity index (χ4v) is 4.21. The van der Waals surface area contributed by atoms with Gasteiger partial charge in [-0.2, -0.15) is 0 Å². The second-order valence-electron chi connectivity index (χ2n) is 7.52. The van der Waals surface area contributed by atoms with Gasteiger partial charge in [0.1, 0.15) is 0 Å². The van der Waals surface area contributed by atoms with E-state index >= 15 is 0 Å². The van der Waals surface area contributed by atoms with Gasteiger partial charge in [0.25, 0.3) is 0 Å². The molecule has 1 aromatic heterocycles. The van der Waals surface area contributed by atoms with Gasteiger partial charge in [-0.15, -0.1) is 0 Å². The average molecular weight is 416 g/mol. The lowest BCUT2D eigenvalue weighted by atomic mass is 9.78. The predicted molar refractivity (Wildman–Crippen MR) is 112 cm³/mol. The van der Waals surface area contributed by atoms with Crippen LogP contribution in [0.1, 0.15) is 41.2 Å². The molecule has 1 aromatic carbocycles. The van der Waals surface area contributed by atoms with Crippen molar-refractivity contribution in [3.8, 4) is 17.2 Å². The Hall–Kier alpha value is -2.87. The number of nitrogens with zero attached hydrogens (tertiary/aromatic N) is 1. The number of fused-ring (bicyclic) bond motifs is 1. The van der Waals surface area contributed by atoms with Crippen molar-refractivity contribution >= 4 is 34.2 Å². The highest BCUT2D eigenvalue weighted by Gasteiger charge is 2.34. The fraction of sp³-hybridized carbons (Fsp3) is 0.381. The van der Waals surface area contributed by atoms with E-state index in [1.54, 1.807) is 18.2 Å². The standard InChI is InChI=1S/C21H24N2O5S/c1-21(2)10-13-19(14(24)11-21)29-20(22-13)23-17(25)7-6-12-8-15(26-3)18(28-5)16(9-12)27-4/h6-9H,10-11H2,1-5H3,(H,22,23,25). The molecule has 1 amide bonds. The van der Waals surface area contributed by atoms with Gasteiger partial charge < -0.3 is 14.2 Å². The van der Waals surface area contributed by atoms with E-state index in [9.17, 15) is 9.59 Å². The summed E-state index contributed by atoms with van der Waals surface area (Å²) in [5.41, 5.74) is 1.37. The molecule has 0 saturated carbocycles. The number of carbonyl (C=O) groups is 2. The molecule has 3 rings (SSSR count). The molecule has 154 valence electrons. The number of hydrogen-bond acceptors (Lipinski definition) is 7. The number of ether oxygens (including phenoxy) is 3. The number of nitrogens with one attached hydrogen (secondary N) is 1. The minimum Gasteiger partial charge on any atom is -0.493 e. The second-order valence-corrected chi connectivity index (χ2v) is 8.52. The molecular formula is C21H24N2O5S. The molecule has 8 heteroatoms. The summed E-state index contributed by atoms with van der Waals surface area (Å²) in [4.78, 5) is 29.7. The first-order valence-corrected chi connectivity index (χ1v) is 9.90. The largest absolute Gasteiger partial charge is 0.493 e. The lowest BCUT2D eigenvalue weighted by Crippen LogP contribution is -2.26. The molecule has 1 aliphatic carbocycles. The Bertz CT molecular complexity index is 952. The maximum absolute atomic E-state index is 12.3. The summed E-state index contributed by atoms with van der Waals surface area (Å²) >= 11 is 1.23. The smallest absolute Gasteiger partial charge is 0.250 e. The van der Waals surface area contributed by atoms with Crippen molar-refractivity contribution in [3.63, 3.8) is 0 Å². The van der Waals surface area contributed by atoms with Crippen molar-refractivity contribution in [1.82, 2.24) is 4.98 Å². The number of aromatic nitrogens is 1. The minimum absolute atomic E-state index is 0.0854. The van der Waals surface area contributed by atoms with Crippen molar-refractivity contribution < 1.29 is 23.8 Å². The zero-order chi connectivity index (χ0) is 21.2. The van der Waals surface area contributed by atoms with Crippen LogP contribution in [0.25, 0.3) is 6.08 Å². The Morgan fingerprint density at radius 2 is 1.79 bits per heavy atom. The number of thiazole rings is 1. The zero-order valence-electron chi connectivity index (χ0n) is 17.1. The Labute approximate surface area is 173 Å². The maximum atomic E-state index is 12.3. The van der Waals surface area contributed by atoms with Crippen LogP contribution in [0.15, 0.2) is 18.2 Å². The van der Waals surface area contributed by atoms with Gasteiger partial charge in [0.2, 0.25) is 11.7 Å². The lowest BCUT2D eigenvalue weighted by Gasteiger charge is -2.26. The first-order valence-electron chi connectivity index (χ1n) is 9.08. The number of Topliss-reactive ketones (excluding diaryl/α,β-unsaturated/α-hetero) is 1.